The molecule has 0 radical (unpaired) electrons. The molecule has 18 heavy (non-hydrogen) atoms. The molecule has 0 aromatic heterocycles. The van der Waals surface area contributed by atoms with Crippen LogP contribution in [0.1, 0.15) is 47.0 Å². The van der Waals surface area contributed by atoms with Crippen molar-refractivity contribution in [2.45, 2.75) is 52.5 Å². The van der Waals surface area contributed by atoms with Gasteiger partial charge in [0, 0.05) is 13.1 Å². The number of likely N-dealkylation sites (N-methyl/N-ethyl adjacent to an activating group) is 1. The van der Waals surface area contributed by atoms with E-state index in [2.05, 4.69) is 24.1 Å². The fourth-order valence-corrected chi connectivity index (χ4v) is 3.03. The third-order valence-electron chi connectivity index (χ3n) is 4.60. The molecule has 1 heterocycles. The molecule has 106 valence electrons. The summed E-state index contributed by atoms with van der Waals surface area (Å²) in [6, 6.07) is 0. The van der Waals surface area contributed by atoms with E-state index in [0.29, 0.717) is 18.5 Å². The van der Waals surface area contributed by atoms with Gasteiger partial charge in [0.05, 0.1) is 0 Å². The van der Waals surface area contributed by atoms with Crippen LogP contribution in [0.25, 0.3) is 0 Å². The van der Waals surface area contributed by atoms with Crippen LogP contribution in [-0.4, -0.2) is 47.7 Å². The molecule has 1 saturated heterocycles. The Kier molecular flexibility index (Phi) is 5.17. The third-order valence-corrected chi connectivity index (χ3v) is 4.60. The highest BCUT2D eigenvalue weighted by Crippen LogP contribution is 2.37. The van der Waals surface area contributed by atoms with E-state index in [1.165, 1.54) is 19.3 Å². The Bertz CT molecular complexity index is 290. The number of rotatable bonds is 7. The number of carboxylic acids is 1. The lowest BCUT2D eigenvalue weighted by Gasteiger charge is -2.32. The first-order valence-corrected chi connectivity index (χ1v) is 7.12. The van der Waals surface area contributed by atoms with E-state index in [1.807, 2.05) is 6.92 Å². The quantitative estimate of drug-likeness (QED) is 0.731. The second-order valence-corrected chi connectivity index (χ2v) is 5.84. The van der Waals surface area contributed by atoms with Crippen LogP contribution in [0.15, 0.2) is 0 Å². The number of carbonyl (C=O) groups is 1. The fraction of sp³-hybridized carbons (Fsp3) is 0.929. The minimum atomic E-state index is -0.827. The van der Waals surface area contributed by atoms with E-state index in [0.717, 1.165) is 13.1 Å². The number of hydrogen-bond donors (Lipinski definition) is 2. The van der Waals surface area contributed by atoms with E-state index in [4.69, 9.17) is 0 Å². The van der Waals surface area contributed by atoms with Crippen molar-refractivity contribution in [1.29, 1.82) is 0 Å². The van der Waals surface area contributed by atoms with Gasteiger partial charge < -0.3 is 15.3 Å². The van der Waals surface area contributed by atoms with Gasteiger partial charge in [-0.3, -0.25) is 4.79 Å². The average Bonchev–Trinajstić information content (AvgIpc) is 2.73. The first-order chi connectivity index (χ1) is 8.41. The second kappa shape index (κ2) is 6.02. The summed E-state index contributed by atoms with van der Waals surface area (Å²) in [5.74, 6) is -0.755. The molecule has 0 bridgehead atoms. The monoisotopic (exact) mass is 256 g/mol. The van der Waals surface area contributed by atoms with Crippen LogP contribution in [0.5, 0.6) is 0 Å². The molecular weight excluding hydrogens is 228 g/mol. The van der Waals surface area contributed by atoms with Gasteiger partial charge in [0.2, 0.25) is 0 Å². The van der Waals surface area contributed by atoms with Crippen LogP contribution < -0.4 is 5.32 Å². The molecule has 4 heteroatoms. The summed E-state index contributed by atoms with van der Waals surface area (Å²) in [6.07, 6.45) is 3.57. The number of nitrogens with one attached hydrogen (secondary N) is 1. The summed E-state index contributed by atoms with van der Waals surface area (Å²) < 4.78 is 0. The molecular formula is C14H28N2O2. The summed E-state index contributed by atoms with van der Waals surface area (Å²) >= 11 is 0. The van der Waals surface area contributed by atoms with E-state index in [1.54, 1.807) is 6.92 Å². The van der Waals surface area contributed by atoms with Gasteiger partial charge >= 0.3 is 5.97 Å². The van der Waals surface area contributed by atoms with Crippen molar-refractivity contribution in [3.8, 4) is 0 Å². The fourth-order valence-electron chi connectivity index (χ4n) is 3.03. The van der Waals surface area contributed by atoms with Crippen molar-refractivity contribution in [3.05, 3.63) is 0 Å². The van der Waals surface area contributed by atoms with E-state index >= 15 is 0 Å². The maximum absolute atomic E-state index is 11.4. The van der Waals surface area contributed by atoms with Gasteiger partial charge in [-0.15, -0.1) is 0 Å². The SMILES string of the molecule is CCNC(C)(CN1CCC(CC)(CC)C1)C(=O)O. The van der Waals surface area contributed by atoms with Crippen molar-refractivity contribution in [3.63, 3.8) is 0 Å². The lowest BCUT2D eigenvalue weighted by atomic mass is 9.82. The zero-order valence-electron chi connectivity index (χ0n) is 12.3. The number of carboxylic acid groups (broad SMARTS) is 1. The van der Waals surface area contributed by atoms with Gasteiger partial charge in [-0.25, -0.2) is 0 Å². The standard InChI is InChI=1S/C14H28N2O2/c1-5-14(6-2)8-9-16(11-14)10-13(4,12(17)18)15-7-3/h15H,5-11H2,1-4H3,(H,17,18). The molecule has 0 aromatic carbocycles. The van der Waals surface area contributed by atoms with Gasteiger partial charge in [-0.1, -0.05) is 20.8 Å². The van der Waals surface area contributed by atoms with Gasteiger partial charge in [-0.05, 0) is 44.7 Å². The highest BCUT2D eigenvalue weighted by Gasteiger charge is 2.40. The Labute approximate surface area is 111 Å². The Hall–Kier alpha value is -0.610. The molecule has 1 atom stereocenters. The van der Waals surface area contributed by atoms with Gasteiger partial charge in [-0.2, -0.15) is 0 Å². The molecule has 1 aliphatic rings. The van der Waals surface area contributed by atoms with Crippen molar-refractivity contribution in [1.82, 2.24) is 10.2 Å². The Morgan fingerprint density at radius 1 is 1.39 bits per heavy atom. The first-order valence-electron chi connectivity index (χ1n) is 7.12. The molecule has 0 amide bonds. The topological polar surface area (TPSA) is 52.6 Å². The van der Waals surface area contributed by atoms with Crippen LogP contribution in [-0.2, 0) is 4.79 Å². The normalized spacial score (nSPS) is 22.9. The Morgan fingerprint density at radius 3 is 2.39 bits per heavy atom. The van der Waals surface area contributed by atoms with Crippen LogP contribution in [0.3, 0.4) is 0 Å². The maximum atomic E-state index is 11.4. The largest absolute Gasteiger partial charge is 0.480 e. The van der Waals surface area contributed by atoms with Gasteiger partial charge in [0.15, 0.2) is 0 Å². The van der Waals surface area contributed by atoms with E-state index in [-0.39, 0.29) is 0 Å². The molecule has 1 unspecified atom stereocenters. The van der Waals surface area contributed by atoms with Crippen molar-refractivity contribution in [2.24, 2.45) is 5.41 Å². The zero-order chi connectivity index (χ0) is 13.8. The molecule has 0 saturated carbocycles. The number of likely N-dealkylation sites (tertiary alicyclic amines) is 1. The number of aliphatic carboxylic acids is 1. The highest BCUT2D eigenvalue weighted by molar-refractivity contribution is 5.78. The van der Waals surface area contributed by atoms with Crippen LogP contribution in [0, 0.1) is 5.41 Å². The number of nitrogens with zero attached hydrogens (tertiary/aromatic N) is 1. The smallest absolute Gasteiger partial charge is 0.324 e. The van der Waals surface area contributed by atoms with E-state index < -0.39 is 11.5 Å². The molecule has 4 nitrogen and oxygen atoms in total. The number of hydrogen-bond acceptors (Lipinski definition) is 3. The first kappa shape index (κ1) is 15.4. The predicted octanol–water partition coefficient (Wildman–Crippen LogP) is 1.95. The van der Waals surface area contributed by atoms with Crippen molar-refractivity contribution >= 4 is 5.97 Å². The minimum absolute atomic E-state index is 0.408. The average molecular weight is 256 g/mol. The maximum Gasteiger partial charge on any atom is 0.324 e. The van der Waals surface area contributed by atoms with Crippen molar-refractivity contribution < 1.29 is 9.90 Å². The zero-order valence-corrected chi connectivity index (χ0v) is 12.3. The van der Waals surface area contributed by atoms with Gasteiger partial charge in [0.1, 0.15) is 5.54 Å². The minimum Gasteiger partial charge on any atom is -0.480 e. The molecule has 0 aliphatic carbocycles. The van der Waals surface area contributed by atoms with Gasteiger partial charge in [0.25, 0.3) is 0 Å². The Balaban J connectivity index is 2.65. The third kappa shape index (κ3) is 3.23. The summed E-state index contributed by atoms with van der Waals surface area (Å²) in [5, 5.41) is 12.5. The molecule has 0 aromatic rings. The summed E-state index contributed by atoms with van der Waals surface area (Å²) in [6.45, 7) is 11.6. The lowest BCUT2D eigenvalue weighted by molar-refractivity contribution is -0.144. The van der Waals surface area contributed by atoms with E-state index in [9.17, 15) is 9.90 Å². The molecule has 2 N–H and O–H groups in total. The molecule has 1 rings (SSSR count). The second-order valence-electron chi connectivity index (χ2n) is 5.84. The Morgan fingerprint density at radius 2 is 2.00 bits per heavy atom. The molecule has 0 spiro atoms. The molecule has 1 aliphatic heterocycles. The lowest BCUT2D eigenvalue weighted by Crippen LogP contribution is -2.56. The van der Waals surface area contributed by atoms with Crippen LogP contribution in [0.4, 0.5) is 0 Å². The summed E-state index contributed by atoms with van der Waals surface area (Å²) in [4.78, 5) is 13.7. The highest BCUT2D eigenvalue weighted by atomic mass is 16.4. The van der Waals surface area contributed by atoms with Crippen molar-refractivity contribution in [2.75, 3.05) is 26.2 Å². The van der Waals surface area contributed by atoms with Crippen LogP contribution in [0.2, 0.25) is 0 Å². The van der Waals surface area contributed by atoms with Crippen LogP contribution >= 0.6 is 0 Å². The molecule has 1 fully saturated rings. The summed E-state index contributed by atoms with van der Waals surface area (Å²) in [5.41, 5.74) is -0.419. The summed E-state index contributed by atoms with van der Waals surface area (Å²) in [7, 11) is 0. The predicted molar refractivity (Wildman–Crippen MR) is 73.8 cm³/mol.